The van der Waals surface area contributed by atoms with Gasteiger partial charge in [-0.15, -0.1) is 0 Å². The minimum atomic E-state index is -3.43. The predicted octanol–water partition coefficient (Wildman–Crippen LogP) is 2.64. The highest BCUT2D eigenvalue weighted by Gasteiger charge is 2.10. The third-order valence-corrected chi connectivity index (χ3v) is 3.79. The van der Waals surface area contributed by atoms with E-state index in [0.717, 1.165) is 12.7 Å². The van der Waals surface area contributed by atoms with Crippen LogP contribution >= 0.6 is 0 Å². The molecule has 24 heavy (non-hydrogen) atoms. The minimum absolute atomic E-state index is 0.168. The number of rotatable bonds is 7. The number of ether oxygens (including phenoxy) is 1. The molecule has 0 heterocycles. The van der Waals surface area contributed by atoms with Crippen LogP contribution < -0.4 is 14.8 Å². The highest BCUT2D eigenvalue weighted by molar-refractivity contribution is 7.92. The van der Waals surface area contributed by atoms with Gasteiger partial charge in [0.05, 0.1) is 17.6 Å². The molecule has 0 spiro atoms. The van der Waals surface area contributed by atoms with E-state index in [1.807, 2.05) is 24.3 Å². The maximum absolute atomic E-state index is 12.0. The fourth-order valence-electron chi connectivity index (χ4n) is 2.04. The molecule has 0 aliphatic heterocycles. The molecule has 0 unspecified atom stereocenters. The Balaban J connectivity index is 1.97. The fourth-order valence-corrected chi connectivity index (χ4v) is 2.61. The van der Waals surface area contributed by atoms with Gasteiger partial charge in [-0.1, -0.05) is 31.2 Å². The van der Waals surface area contributed by atoms with Crippen molar-refractivity contribution in [3.8, 4) is 5.75 Å². The Labute approximate surface area is 141 Å². The Kier molecular flexibility index (Phi) is 5.81. The second-order valence-electron chi connectivity index (χ2n) is 5.25. The SMILES string of the molecule is CCc1ccc(OCC(=O)Nc2ccccc2NS(C)(=O)=O)cc1. The summed E-state index contributed by atoms with van der Waals surface area (Å²) in [6.07, 6.45) is 1.99. The highest BCUT2D eigenvalue weighted by Crippen LogP contribution is 2.22. The first-order valence-electron chi connectivity index (χ1n) is 7.46. The average molecular weight is 348 g/mol. The van der Waals surface area contributed by atoms with Gasteiger partial charge < -0.3 is 10.1 Å². The van der Waals surface area contributed by atoms with Gasteiger partial charge in [0.1, 0.15) is 5.75 Å². The number of hydrogen-bond acceptors (Lipinski definition) is 4. The first-order valence-corrected chi connectivity index (χ1v) is 9.35. The van der Waals surface area contributed by atoms with E-state index in [1.54, 1.807) is 24.3 Å². The molecule has 0 saturated carbocycles. The van der Waals surface area contributed by atoms with Gasteiger partial charge in [0.25, 0.3) is 5.91 Å². The molecular formula is C17H20N2O4S. The van der Waals surface area contributed by atoms with Crippen LogP contribution in [0.5, 0.6) is 5.75 Å². The summed E-state index contributed by atoms with van der Waals surface area (Å²) in [6.45, 7) is 1.89. The van der Waals surface area contributed by atoms with Crippen LogP contribution in [-0.4, -0.2) is 27.2 Å². The molecule has 2 aromatic rings. The fraction of sp³-hybridized carbons (Fsp3) is 0.235. The van der Waals surface area contributed by atoms with Crippen molar-refractivity contribution in [2.45, 2.75) is 13.3 Å². The van der Waals surface area contributed by atoms with Crippen molar-refractivity contribution in [3.63, 3.8) is 0 Å². The predicted molar refractivity (Wildman–Crippen MR) is 94.9 cm³/mol. The number of sulfonamides is 1. The molecule has 128 valence electrons. The number of anilines is 2. The van der Waals surface area contributed by atoms with Crippen LogP contribution in [0.1, 0.15) is 12.5 Å². The summed E-state index contributed by atoms with van der Waals surface area (Å²) in [4.78, 5) is 12.0. The maximum Gasteiger partial charge on any atom is 0.262 e. The van der Waals surface area contributed by atoms with E-state index in [-0.39, 0.29) is 12.5 Å². The van der Waals surface area contributed by atoms with Gasteiger partial charge in [-0.25, -0.2) is 8.42 Å². The molecule has 2 aromatic carbocycles. The largest absolute Gasteiger partial charge is 0.484 e. The lowest BCUT2D eigenvalue weighted by Gasteiger charge is -2.12. The summed E-state index contributed by atoms with van der Waals surface area (Å²) in [5.74, 6) is 0.224. The lowest BCUT2D eigenvalue weighted by Crippen LogP contribution is -2.21. The first-order chi connectivity index (χ1) is 11.4. The van der Waals surface area contributed by atoms with Crippen molar-refractivity contribution < 1.29 is 17.9 Å². The monoisotopic (exact) mass is 348 g/mol. The van der Waals surface area contributed by atoms with E-state index in [4.69, 9.17) is 4.74 Å². The van der Waals surface area contributed by atoms with Crippen LogP contribution in [0.25, 0.3) is 0 Å². The summed E-state index contributed by atoms with van der Waals surface area (Å²) in [7, 11) is -3.43. The van der Waals surface area contributed by atoms with Gasteiger partial charge >= 0.3 is 0 Å². The Bertz CT molecular complexity index is 802. The molecule has 1 amide bonds. The van der Waals surface area contributed by atoms with Crippen molar-refractivity contribution in [1.29, 1.82) is 0 Å². The zero-order valence-electron chi connectivity index (χ0n) is 13.6. The third kappa shape index (κ3) is 5.58. The van der Waals surface area contributed by atoms with Crippen LogP contribution in [0.2, 0.25) is 0 Å². The normalized spacial score (nSPS) is 10.9. The Morgan fingerprint density at radius 3 is 2.25 bits per heavy atom. The summed E-state index contributed by atoms with van der Waals surface area (Å²) in [5, 5.41) is 2.64. The molecule has 7 heteroatoms. The first kappa shape index (κ1) is 17.8. The average Bonchev–Trinajstić information content (AvgIpc) is 2.54. The molecule has 0 aliphatic rings. The molecule has 6 nitrogen and oxygen atoms in total. The smallest absolute Gasteiger partial charge is 0.262 e. The molecule has 0 radical (unpaired) electrons. The van der Waals surface area contributed by atoms with Crippen LogP contribution in [0.15, 0.2) is 48.5 Å². The van der Waals surface area contributed by atoms with Gasteiger partial charge in [-0.3, -0.25) is 9.52 Å². The van der Waals surface area contributed by atoms with E-state index in [0.29, 0.717) is 17.1 Å². The molecule has 0 bridgehead atoms. The summed E-state index contributed by atoms with van der Waals surface area (Å²) in [5.41, 5.74) is 1.87. The third-order valence-electron chi connectivity index (χ3n) is 3.20. The maximum atomic E-state index is 12.0. The van der Waals surface area contributed by atoms with E-state index in [1.165, 1.54) is 5.56 Å². The molecule has 0 fully saturated rings. The van der Waals surface area contributed by atoms with Crippen molar-refractivity contribution >= 4 is 27.3 Å². The Hall–Kier alpha value is -2.54. The number of hydrogen-bond donors (Lipinski definition) is 2. The number of amides is 1. The number of carbonyl (C=O) groups is 1. The minimum Gasteiger partial charge on any atom is -0.484 e. The molecule has 0 aromatic heterocycles. The Morgan fingerprint density at radius 1 is 1.04 bits per heavy atom. The molecule has 0 atom stereocenters. The number of benzene rings is 2. The molecule has 2 rings (SSSR count). The van der Waals surface area contributed by atoms with E-state index in [9.17, 15) is 13.2 Å². The van der Waals surface area contributed by atoms with Crippen molar-refractivity contribution in [1.82, 2.24) is 0 Å². The van der Waals surface area contributed by atoms with Crippen molar-refractivity contribution in [2.75, 3.05) is 22.9 Å². The quantitative estimate of drug-likeness (QED) is 0.805. The zero-order valence-corrected chi connectivity index (χ0v) is 14.4. The van der Waals surface area contributed by atoms with Gasteiger partial charge in [0, 0.05) is 0 Å². The highest BCUT2D eigenvalue weighted by atomic mass is 32.2. The summed E-state index contributed by atoms with van der Waals surface area (Å²) in [6, 6.07) is 14.1. The van der Waals surface area contributed by atoms with E-state index in [2.05, 4.69) is 17.0 Å². The number of para-hydroxylation sites is 2. The lowest BCUT2D eigenvalue weighted by molar-refractivity contribution is -0.118. The van der Waals surface area contributed by atoms with Gasteiger partial charge in [-0.05, 0) is 36.2 Å². The number of aryl methyl sites for hydroxylation is 1. The number of carbonyl (C=O) groups excluding carboxylic acids is 1. The lowest BCUT2D eigenvalue weighted by atomic mass is 10.2. The standard InChI is InChI=1S/C17H20N2O4S/c1-3-13-8-10-14(11-9-13)23-12-17(20)18-15-6-4-5-7-16(15)19-24(2,21)22/h4-11,19H,3,12H2,1-2H3,(H,18,20). The van der Waals surface area contributed by atoms with Crippen molar-refractivity contribution in [2.24, 2.45) is 0 Å². The van der Waals surface area contributed by atoms with Crippen molar-refractivity contribution in [3.05, 3.63) is 54.1 Å². The van der Waals surface area contributed by atoms with Crippen LogP contribution in [0, 0.1) is 0 Å². The van der Waals surface area contributed by atoms with Crippen LogP contribution in [0.3, 0.4) is 0 Å². The van der Waals surface area contributed by atoms with Crippen LogP contribution in [-0.2, 0) is 21.2 Å². The topological polar surface area (TPSA) is 84.5 Å². The molecular weight excluding hydrogens is 328 g/mol. The summed E-state index contributed by atoms with van der Waals surface area (Å²) >= 11 is 0. The zero-order chi connectivity index (χ0) is 17.6. The molecule has 2 N–H and O–H groups in total. The summed E-state index contributed by atoms with van der Waals surface area (Å²) < 4.78 is 30.5. The van der Waals surface area contributed by atoms with Gasteiger partial charge in [-0.2, -0.15) is 0 Å². The van der Waals surface area contributed by atoms with Crippen LogP contribution in [0.4, 0.5) is 11.4 Å². The second-order valence-corrected chi connectivity index (χ2v) is 7.00. The van der Waals surface area contributed by atoms with E-state index >= 15 is 0 Å². The molecule has 0 aliphatic carbocycles. The van der Waals surface area contributed by atoms with E-state index < -0.39 is 10.0 Å². The Morgan fingerprint density at radius 2 is 1.67 bits per heavy atom. The number of nitrogens with one attached hydrogen (secondary N) is 2. The molecule has 0 saturated heterocycles. The second kappa shape index (κ2) is 7.83. The van der Waals surface area contributed by atoms with Gasteiger partial charge in [0.15, 0.2) is 6.61 Å². The van der Waals surface area contributed by atoms with Gasteiger partial charge in [0.2, 0.25) is 10.0 Å².